The van der Waals surface area contributed by atoms with E-state index in [0.29, 0.717) is 36.0 Å². The summed E-state index contributed by atoms with van der Waals surface area (Å²) < 4.78 is 15.9. The van der Waals surface area contributed by atoms with Crippen LogP contribution in [0, 0.1) is 0 Å². The fourth-order valence-corrected chi connectivity index (χ4v) is 2.93. The average molecular weight is 399 g/mol. The highest BCUT2D eigenvalue weighted by Gasteiger charge is 2.16. The number of hydrogen-bond acceptors (Lipinski definition) is 6. The number of para-hydroxylation sites is 2. The van der Waals surface area contributed by atoms with Gasteiger partial charge in [0, 0.05) is 6.54 Å². The molecule has 0 atom stereocenters. The first-order chi connectivity index (χ1) is 14.1. The molecule has 0 saturated carbocycles. The lowest BCUT2D eigenvalue weighted by Gasteiger charge is -2.20. The maximum Gasteiger partial charge on any atom is 0.238 e. The Kier molecular flexibility index (Phi) is 6.91. The number of nitrogens with one attached hydrogen (secondary N) is 2. The molecule has 2 aromatic carbocycles. The molecule has 0 spiro atoms. The zero-order valence-electron chi connectivity index (χ0n) is 16.6. The summed E-state index contributed by atoms with van der Waals surface area (Å²) >= 11 is 0. The van der Waals surface area contributed by atoms with Crippen LogP contribution >= 0.6 is 0 Å². The summed E-state index contributed by atoms with van der Waals surface area (Å²) in [6.07, 6.45) is 0. The van der Waals surface area contributed by atoms with Gasteiger partial charge in [0.2, 0.25) is 18.6 Å². The van der Waals surface area contributed by atoms with Crippen LogP contribution in [0.25, 0.3) is 0 Å². The van der Waals surface area contributed by atoms with E-state index < -0.39 is 0 Å². The molecular weight excluding hydrogens is 374 g/mol. The SMILES string of the molecule is CCN(CC(=O)NCc1ccc2c(c1)OCO2)CC(=O)Nc1ccccc1OC. The third-order valence-electron chi connectivity index (χ3n) is 4.49. The summed E-state index contributed by atoms with van der Waals surface area (Å²) in [5.74, 6) is 1.61. The molecule has 0 bridgehead atoms. The van der Waals surface area contributed by atoms with Gasteiger partial charge in [0.1, 0.15) is 5.75 Å². The van der Waals surface area contributed by atoms with E-state index in [4.69, 9.17) is 14.2 Å². The number of hydrogen-bond donors (Lipinski definition) is 2. The van der Waals surface area contributed by atoms with Crippen molar-refractivity contribution in [2.24, 2.45) is 0 Å². The molecule has 2 amide bonds. The van der Waals surface area contributed by atoms with Crippen molar-refractivity contribution >= 4 is 17.5 Å². The minimum atomic E-state index is -0.208. The lowest BCUT2D eigenvalue weighted by Crippen LogP contribution is -2.40. The van der Waals surface area contributed by atoms with Crippen molar-refractivity contribution < 1.29 is 23.8 Å². The second-order valence-corrected chi connectivity index (χ2v) is 6.52. The van der Waals surface area contributed by atoms with Crippen LogP contribution in [0.4, 0.5) is 5.69 Å². The van der Waals surface area contributed by atoms with Crippen molar-refractivity contribution in [3.63, 3.8) is 0 Å². The Morgan fingerprint density at radius 2 is 1.83 bits per heavy atom. The first-order valence-corrected chi connectivity index (χ1v) is 9.39. The van der Waals surface area contributed by atoms with Gasteiger partial charge in [-0.15, -0.1) is 0 Å². The minimum absolute atomic E-state index is 0.103. The number of fused-ring (bicyclic) bond motifs is 1. The predicted octanol–water partition coefficient (Wildman–Crippen LogP) is 2.00. The molecule has 3 rings (SSSR count). The van der Waals surface area contributed by atoms with Gasteiger partial charge in [0.25, 0.3) is 0 Å². The van der Waals surface area contributed by atoms with Crippen molar-refractivity contribution in [1.29, 1.82) is 0 Å². The quantitative estimate of drug-likeness (QED) is 0.671. The van der Waals surface area contributed by atoms with E-state index in [0.717, 1.165) is 5.56 Å². The molecular formula is C21H25N3O5. The first-order valence-electron chi connectivity index (χ1n) is 9.39. The van der Waals surface area contributed by atoms with Crippen LogP contribution < -0.4 is 24.8 Å². The number of anilines is 1. The lowest BCUT2D eigenvalue weighted by atomic mass is 10.2. The highest BCUT2D eigenvalue weighted by atomic mass is 16.7. The predicted molar refractivity (Wildman–Crippen MR) is 108 cm³/mol. The van der Waals surface area contributed by atoms with E-state index in [1.54, 1.807) is 24.1 Å². The molecule has 0 unspecified atom stereocenters. The van der Waals surface area contributed by atoms with Gasteiger partial charge in [-0.1, -0.05) is 25.1 Å². The van der Waals surface area contributed by atoms with Crippen molar-refractivity contribution in [3.05, 3.63) is 48.0 Å². The van der Waals surface area contributed by atoms with E-state index in [2.05, 4.69) is 10.6 Å². The van der Waals surface area contributed by atoms with Crippen LogP contribution in [0.5, 0.6) is 17.2 Å². The number of benzene rings is 2. The second-order valence-electron chi connectivity index (χ2n) is 6.52. The van der Waals surface area contributed by atoms with Crippen LogP contribution in [0.2, 0.25) is 0 Å². The van der Waals surface area contributed by atoms with E-state index >= 15 is 0 Å². The van der Waals surface area contributed by atoms with Crippen molar-refractivity contribution in [2.75, 3.05) is 38.9 Å². The fourth-order valence-electron chi connectivity index (χ4n) is 2.93. The van der Waals surface area contributed by atoms with Crippen molar-refractivity contribution in [3.8, 4) is 17.2 Å². The average Bonchev–Trinajstić information content (AvgIpc) is 3.20. The van der Waals surface area contributed by atoms with E-state index in [1.807, 2.05) is 37.3 Å². The largest absolute Gasteiger partial charge is 0.495 e. The maximum atomic E-state index is 12.4. The Bertz CT molecular complexity index is 871. The van der Waals surface area contributed by atoms with Crippen LogP contribution in [0.15, 0.2) is 42.5 Å². The number of carbonyl (C=O) groups excluding carboxylic acids is 2. The molecule has 2 aromatic rings. The fraction of sp³-hybridized carbons (Fsp3) is 0.333. The van der Waals surface area contributed by atoms with Gasteiger partial charge in [0.05, 0.1) is 25.9 Å². The molecule has 0 saturated heterocycles. The zero-order valence-corrected chi connectivity index (χ0v) is 16.6. The molecule has 1 heterocycles. The highest BCUT2D eigenvalue weighted by Crippen LogP contribution is 2.32. The zero-order chi connectivity index (χ0) is 20.6. The molecule has 0 aliphatic carbocycles. The van der Waals surface area contributed by atoms with Gasteiger partial charge in [-0.05, 0) is 36.4 Å². The van der Waals surface area contributed by atoms with Crippen LogP contribution in [-0.4, -0.2) is 50.3 Å². The Labute approximate surface area is 169 Å². The number of methoxy groups -OCH3 is 1. The molecule has 1 aliphatic heterocycles. The Morgan fingerprint density at radius 1 is 1.07 bits per heavy atom. The monoisotopic (exact) mass is 399 g/mol. The number of rotatable bonds is 9. The number of ether oxygens (including phenoxy) is 3. The summed E-state index contributed by atoms with van der Waals surface area (Å²) in [6.45, 7) is 3.29. The number of amides is 2. The summed E-state index contributed by atoms with van der Waals surface area (Å²) in [5.41, 5.74) is 1.52. The summed E-state index contributed by atoms with van der Waals surface area (Å²) in [4.78, 5) is 26.4. The van der Waals surface area contributed by atoms with Crippen molar-refractivity contribution in [2.45, 2.75) is 13.5 Å². The molecule has 1 aliphatic rings. The maximum absolute atomic E-state index is 12.4. The van der Waals surface area contributed by atoms with Crippen LogP contribution in [0.1, 0.15) is 12.5 Å². The topological polar surface area (TPSA) is 89.1 Å². The Hall–Kier alpha value is -3.26. The Balaban J connectivity index is 1.47. The molecule has 0 aromatic heterocycles. The third-order valence-corrected chi connectivity index (χ3v) is 4.49. The second kappa shape index (κ2) is 9.79. The van der Waals surface area contributed by atoms with Crippen molar-refractivity contribution in [1.82, 2.24) is 10.2 Å². The van der Waals surface area contributed by atoms with Gasteiger partial charge in [-0.25, -0.2) is 0 Å². The smallest absolute Gasteiger partial charge is 0.238 e. The minimum Gasteiger partial charge on any atom is -0.495 e. The third kappa shape index (κ3) is 5.61. The molecule has 154 valence electrons. The van der Waals surface area contributed by atoms with Gasteiger partial charge in [0.15, 0.2) is 11.5 Å². The number of likely N-dealkylation sites (N-methyl/N-ethyl adjacent to an activating group) is 1. The summed E-state index contributed by atoms with van der Waals surface area (Å²) in [7, 11) is 1.55. The van der Waals surface area contributed by atoms with Gasteiger partial charge >= 0.3 is 0 Å². The van der Waals surface area contributed by atoms with Crippen LogP contribution in [0.3, 0.4) is 0 Å². The van der Waals surface area contributed by atoms with Crippen LogP contribution in [-0.2, 0) is 16.1 Å². The molecule has 29 heavy (non-hydrogen) atoms. The molecule has 8 heteroatoms. The normalized spacial score (nSPS) is 12.0. The number of nitrogens with zero attached hydrogens (tertiary/aromatic N) is 1. The molecule has 2 N–H and O–H groups in total. The van der Waals surface area contributed by atoms with Gasteiger partial charge in [-0.2, -0.15) is 0 Å². The summed E-state index contributed by atoms with van der Waals surface area (Å²) in [6, 6.07) is 12.7. The van der Waals surface area contributed by atoms with E-state index in [-0.39, 0.29) is 31.7 Å². The Morgan fingerprint density at radius 3 is 2.62 bits per heavy atom. The van der Waals surface area contributed by atoms with Gasteiger partial charge in [-0.3, -0.25) is 14.5 Å². The number of carbonyl (C=O) groups is 2. The van der Waals surface area contributed by atoms with E-state index in [1.165, 1.54) is 0 Å². The lowest BCUT2D eigenvalue weighted by molar-refractivity contribution is -0.123. The molecule has 0 fully saturated rings. The molecule has 8 nitrogen and oxygen atoms in total. The molecule has 0 radical (unpaired) electrons. The van der Waals surface area contributed by atoms with Gasteiger partial charge < -0.3 is 24.8 Å². The standard InChI is InChI=1S/C21H25N3O5/c1-3-24(13-21(26)23-16-6-4-5-7-17(16)27-2)12-20(25)22-11-15-8-9-18-19(10-15)29-14-28-18/h4-10H,3,11-14H2,1-2H3,(H,22,25)(H,23,26). The highest BCUT2D eigenvalue weighted by molar-refractivity contribution is 5.94. The van der Waals surface area contributed by atoms with E-state index in [9.17, 15) is 9.59 Å². The first kappa shape index (κ1) is 20.5. The summed E-state index contributed by atoms with van der Waals surface area (Å²) in [5, 5.41) is 5.69.